The van der Waals surface area contributed by atoms with Gasteiger partial charge >= 0.3 is 11.9 Å². The fourth-order valence-corrected chi connectivity index (χ4v) is 1.49. The molecular formula is C12H20N4O7. The Labute approximate surface area is 131 Å². The van der Waals surface area contributed by atoms with Crippen molar-refractivity contribution in [2.45, 2.75) is 44.3 Å². The van der Waals surface area contributed by atoms with Gasteiger partial charge in [-0.3, -0.25) is 24.0 Å². The zero-order valence-corrected chi connectivity index (χ0v) is 12.4. The zero-order valence-electron chi connectivity index (χ0n) is 12.4. The average molecular weight is 332 g/mol. The van der Waals surface area contributed by atoms with E-state index in [2.05, 4.69) is 10.6 Å². The van der Waals surface area contributed by atoms with E-state index in [4.69, 9.17) is 21.7 Å². The molecule has 0 aliphatic heterocycles. The maximum atomic E-state index is 12.0. The van der Waals surface area contributed by atoms with E-state index in [0.29, 0.717) is 0 Å². The van der Waals surface area contributed by atoms with Gasteiger partial charge in [-0.2, -0.15) is 0 Å². The van der Waals surface area contributed by atoms with Gasteiger partial charge in [-0.25, -0.2) is 0 Å². The Morgan fingerprint density at radius 3 is 2.04 bits per heavy atom. The standard InChI is InChI=1S/C12H20N4O7/c1-5(12(22)23)15-11(21)7(2-3-8(14)17)16-10(20)6(13)4-9(18)19/h5-7H,2-4,13H2,1H3,(H2,14,17)(H,15,21)(H,16,20)(H,18,19)(H,22,23)/t5-,6-,7-/m0/s1. The van der Waals surface area contributed by atoms with Crippen LogP contribution in [0.15, 0.2) is 0 Å². The average Bonchev–Trinajstić information content (AvgIpc) is 2.41. The van der Waals surface area contributed by atoms with Crippen LogP contribution < -0.4 is 22.1 Å². The van der Waals surface area contributed by atoms with E-state index in [1.54, 1.807) is 0 Å². The molecule has 0 radical (unpaired) electrons. The number of hydrogen-bond acceptors (Lipinski definition) is 6. The Hall–Kier alpha value is -2.69. The Morgan fingerprint density at radius 1 is 1.04 bits per heavy atom. The van der Waals surface area contributed by atoms with Gasteiger partial charge in [0, 0.05) is 6.42 Å². The molecule has 3 amide bonds. The summed E-state index contributed by atoms with van der Waals surface area (Å²) >= 11 is 0. The van der Waals surface area contributed by atoms with E-state index in [1.807, 2.05) is 0 Å². The molecule has 0 aromatic heterocycles. The van der Waals surface area contributed by atoms with Crippen LogP contribution in [0.3, 0.4) is 0 Å². The topological polar surface area (TPSA) is 202 Å². The number of carboxylic acids is 2. The fourth-order valence-electron chi connectivity index (χ4n) is 1.49. The minimum Gasteiger partial charge on any atom is -0.481 e. The van der Waals surface area contributed by atoms with Gasteiger partial charge in [-0.05, 0) is 13.3 Å². The number of hydrogen-bond donors (Lipinski definition) is 6. The zero-order chi connectivity index (χ0) is 18.2. The van der Waals surface area contributed by atoms with Crippen LogP contribution >= 0.6 is 0 Å². The second kappa shape index (κ2) is 9.35. The highest BCUT2D eigenvalue weighted by atomic mass is 16.4. The number of nitrogens with two attached hydrogens (primary N) is 2. The van der Waals surface area contributed by atoms with Crippen LogP contribution in [-0.2, 0) is 24.0 Å². The van der Waals surface area contributed by atoms with Crippen LogP contribution in [0, 0.1) is 0 Å². The maximum Gasteiger partial charge on any atom is 0.325 e. The molecule has 23 heavy (non-hydrogen) atoms. The second-order valence-electron chi connectivity index (χ2n) is 4.84. The number of carboxylic acid groups (broad SMARTS) is 2. The highest BCUT2D eigenvalue weighted by Gasteiger charge is 2.27. The third-order valence-electron chi connectivity index (χ3n) is 2.77. The van der Waals surface area contributed by atoms with Gasteiger partial charge in [0.15, 0.2) is 0 Å². The number of rotatable bonds is 10. The number of aliphatic carboxylic acids is 2. The molecule has 0 unspecified atom stereocenters. The first-order chi connectivity index (χ1) is 10.5. The third kappa shape index (κ3) is 8.36. The summed E-state index contributed by atoms with van der Waals surface area (Å²) in [5.41, 5.74) is 10.3. The Morgan fingerprint density at radius 2 is 1.61 bits per heavy atom. The molecule has 0 fully saturated rings. The van der Waals surface area contributed by atoms with Crippen LogP contribution in [0.4, 0.5) is 0 Å². The summed E-state index contributed by atoms with van der Waals surface area (Å²) in [6, 6.07) is -3.88. The molecule has 0 aliphatic rings. The summed E-state index contributed by atoms with van der Waals surface area (Å²) in [7, 11) is 0. The number of carbonyl (C=O) groups excluding carboxylic acids is 3. The Bertz CT molecular complexity index is 494. The lowest BCUT2D eigenvalue weighted by atomic mass is 10.1. The maximum absolute atomic E-state index is 12.0. The predicted molar refractivity (Wildman–Crippen MR) is 75.8 cm³/mol. The van der Waals surface area contributed by atoms with Gasteiger partial charge in [0.2, 0.25) is 17.7 Å². The molecule has 3 atom stereocenters. The third-order valence-corrected chi connectivity index (χ3v) is 2.77. The molecule has 0 rings (SSSR count). The minimum absolute atomic E-state index is 0.182. The summed E-state index contributed by atoms with van der Waals surface area (Å²) in [5, 5.41) is 21.6. The van der Waals surface area contributed by atoms with E-state index in [1.165, 1.54) is 6.92 Å². The van der Waals surface area contributed by atoms with Crippen LogP contribution in [0.1, 0.15) is 26.2 Å². The van der Waals surface area contributed by atoms with Crippen molar-refractivity contribution < 1.29 is 34.2 Å². The largest absolute Gasteiger partial charge is 0.481 e. The molecule has 11 nitrogen and oxygen atoms in total. The van der Waals surface area contributed by atoms with E-state index < -0.39 is 54.2 Å². The fraction of sp³-hybridized carbons (Fsp3) is 0.583. The number of nitrogens with one attached hydrogen (secondary N) is 2. The first-order valence-electron chi connectivity index (χ1n) is 6.63. The van der Waals surface area contributed by atoms with Gasteiger partial charge < -0.3 is 32.3 Å². The van der Waals surface area contributed by atoms with E-state index in [9.17, 15) is 24.0 Å². The van der Waals surface area contributed by atoms with Crippen molar-refractivity contribution in [1.29, 1.82) is 0 Å². The molecule has 0 saturated carbocycles. The molecule has 0 aromatic carbocycles. The van der Waals surface area contributed by atoms with Gasteiger partial charge in [-0.1, -0.05) is 0 Å². The van der Waals surface area contributed by atoms with Crippen molar-refractivity contribution in [3.8, 4) is 0 Å². The molecule has 8 N–H and O–H groups in total. The quantitative estimate of drug-likeness (QED) is 0.245. The van der Waals surface area contributed by atoms with Crippen molar-refractivity contribution in [1.82, 2.24) is 10.6 Å². The van der Waals surface area contributed by atoms with Gasteiger partial charge in [-0.15, -0.1) is 0 Å². The van der Waals surface area contributed by atoms with Crippen LogP contribution in [0.2, 0.25) is 0 Å². The molecule has 0 spiro atoms. The summed E-state index contributed by atoms with van der Waals surface area (Å²) in [6.45, 7) is 1.21. The number of amides is 3. The van der Waals surface area contributed by atoms with Crippen molar-refractivity contribution in [3.05, 3.63) is 0 Å². The Balaban J connectivity index is 4.88. The summed E-state index contributed by atoms with van der Waals surface area (Å²) in [5.74, 6) is -5.08. The first-order valence-corrected chi connectivity index (χ1v) is 6.63. The van der Waals surface area contributed by atoms with Crippen molar-refractivity contribution >= 4 is 29.7 Å². The van der Waals surface area contributed by atoms with Crippen LogP contribution in [-0.4, -0.2) is 58.0 Å². The lowest BCUT2D eigenvalue weighted by molar-refractivity contribution is -0.142. The molecule has 11 heteroatoms. The second-order valence-corrected chi connectivity index (χ2v) is 4.84. The SMILES string of the molecule is C[C@H](NC(=O)[C@H](CCC(N)=O)NC(=O)[C@@H](N)CC(=O)O)C(=O)O. The summed E-state index contributed by atoms with van der Waals surface area (Å²) in [6.07, 6.45) is -1.07. The van der Waals surface area contributed by atoms with Crippen molar-refractivity contribution in [2.24, 2.45) is 11.5 Å². The summed E-state index contributed by atoms with van der Waals surface area (Å²) in [4.78, 5) is 55.7. The molecule has 0 aliphatic carbocycles. The van der Waals surface area contributed by atoms with Gasteiger partial charge in [0.1, 0.15) is 12.1 Å². The van der Waals surface area contributed by atoms with Crippen molar-refractivity contribution in [3.63, 3.8) is 0 Å². The molecule has 0 aromatic rings. The molecular weight excluding hydrogens is 312 g/mol. The van der Waals surface area contributed by atoms with Crippen LogP contribution in [0.25, 0.3) is 0 Å². The molecule has 130 valence electrons. The van der Waals surface area contributed by atoms with Gasteiger partial charge in [0.05, 0.1) is 12.5 Å². The summed E-state index contributed by atoms with van der Waals surface area (Å²) < 4.78 is 0. The predicted octanol–water partition coefficient (Wildman–Crippen LogP) is -2.87. The molecule has 0 saturated heterocycles. The normalized spacial score (nSPS) is 14.2. The van der Waals surface area contributed by atoms with E-state index in [0.717, 1.165) is 0 Å². The number of carbonyl (C=O) groups is 5. The first kappa shape index (κ1) is 20.3. The molecule has 0 bridgehead atoms. The highest BCUT2D eigenvalue weighted by molar-refractivity contribution is 5.93. The van der Waals surface area contributed by atoms with Gasteiger partial charge in [0.25, 0.3) is 0 Å². The molecule has 0 heterocycles. The van der Waals surface area contributed by atoms with E-state index >= 15 is 0 Å². The highest BCUT2D eigenvalue weighted by Crippen LogP contribution is 2.00. The van der Waals surface area contributed by atoms with Crippen molar-refractivity contribution in [2.75, 3.05) is 0 Å². The Kier molecular flexibility index (Phi) is 8.26. The minimum atomic E-state index is -1.40. The lowest BCUT2D eigenvalue weighted by Crippen LogP contribution is -2.54. The lowest BCUT2D eigenvalue weighted by Gasteiger charge is -2.21. The smallest absolute Gasteiger partial charge is 0.325 e. The monoisotopic (exact) mass is 332 g/mol. The van der Waals surface area contributed by atoms with Crippen LogP contribution in [0.5, 0.6) is 0 Å². The van der Waals surface area contributed by atoms with E-state index in [-0.39, 0.29) is 12.8 Å². The number of primary amides is 1.